The van der Waals surface area contributed by atoms with Gasteiger partial charge in [-0.2, -0.15) is 0 Å². The highest BCUT2D eigenvalue weighted by Crippen LogP contribution is 2.34. The summed E-state index contributed by atoms with van der Waals surface area (Å²) in [5.74, 6) is 0.767. The fraction of sp³-hybridized carbons (Fsp3) is 0.333. The third kappa shape index (κ3) is 3.52. The molecule has 0 radical (unpaired) electrons. The molecule has 3 aromatic rings. The van der Waals surface area contributed by atoms with Crippen LogP contribution in [0.4, 0.5) is 5.13 Å². The minimum atomic E-state index is -3.30. The lowest BCUT2D eigenvalue weighted by Crippen LogP contribution is -2.41. The summed E-state index contributed by atoms with van der Waals surface area (Å²) in [5, 5.41) is 0.843. The van der Waals surface area contributed by atoms with Crippen LogP contribution in [0, 0.1) is 0 Å². The van der Waals surface area contributed by atoms with Gasteiger partial charge in [0.1, 0.15) is 17.4 Å². The van der Waals surface area contributed by atoms with Gasteiger partial charge in [-0.05, 0) is 37.1 Å². The van der Waals surface area contributed by atoms with E-state index in [2.05, 4.69) is 14.9 Å². The molecule has 1 unspecified atom stereocenters. The zero-order valence-electron chi connectivity index (χ0n) is 14.3. The first-order valence-corrected chi connectivity index (χ1v) is 11.1. The molecule has 0 amide bonds. The van der Waals surface area contributed by atoms with Crippen LogP contribution in [0.2, 0.25) is 0 Å². The number of aromatic nitrogens is 2. The van der Waals surface area contributed by atoms with Crippen LogP contribution in [0.25, 0.3) is 10.2 Å². The first-order chi connectivity index (χ1) is 12.5. The molecule has 1 aromatic carbocycles. The highest BCUT2D eigenvalue weighted by atomic mass is 32.2. The van der Waals surface area contributed by atoms with Gasteiger partial charge in [0.2, 0.25) is 0 Å². The number of thiazole rings is 1. The van der Waals surface area contributed by atoms with Crippen molar-refractivity contribution in [3.8, 4) is 5.75 Å². The molecule has 0 saturated carbocycles. The standard InChI is InChI=1S/C18H19N3O3S2/c1-26(22,23)16-8-2-7-15-17(16)20-18(25-15)21-10-4-6-14(12-21)24-13-5-3-9-19-11-13/h2-3,5,7-9,11,14H,4,6,10,12H2,1H3. The molecular weight excluding hydrogens is 370 g/mol. The number of hydrogen-bond donors (Lipinski definition) is 0. The summed E-state index contributed by atoms with van der Waals surface area (Å²) in [4.78, 5) is 11.2. The van der Waals surface area contributed by atoms with Crippen LogP contribution in [0.3, 0.4) is 0 Å². The van der Waals surface area contributed by atoms with Crippen molar-refractivity contribution in [3.05, 3.63) is 42.7 Å². The maximum Gasteiger partial charge on any atom is 0.186 e. The number of sulfone groups is 1. The van der Waals surface area contributed by atoms with E-state index < -0.39 is 9.84 Å². The number of anilines is 1. The minimum Gasteiger partial charge on any atom is -0.487 e. The van der Waals surface area contributed by atoms with Gasteiger partial charge < -0.3 is 9.64 Å². The molecule has 1 fully saturated rings. The van der Waals surface area contributed by atoms with E-state index in [0.29, 0.717) is 5.52 Å². The Labute approximate surface area is 156 Å². The lowest BCUT2D eigenvalue weighted by atomic mass is 10.1. The van der Waals surface area contributed by atoms with Crippen molar-refractivity contribution < 1.29 is 13.2 Å². The molecule has 1 aliphatic rings. The summed E-state index contributed by atoms with van der Waals surface area (Å²) in [6.07, 6.45) is 6.70. The summed E-state index contributed by atoms with van der Waals surface area (Å²) >= 11 is 1.52. The van der Waals surface area contributed by atoms with Gasteiger partial charge in [0.05, 0.1) is 22.3 Å². The van der Waals surface area contributed by atoms with Crippen LogP contribution >= 0.6 is 11.3 Å². The van der Waals surface area contributed by atoms with Crippen molar-refractivity contribution in [2.45, 2.75) is 23.8 Å². The quantitative estimate of drug-likeness (QED) is 0.683. The van der Waals surface area contributed by atoms with E-state index in [9.17, 15) is 8.42 Å². The van der Waals surface area contributed by atoms with Crippen LogP contribution in [-0.2, 0) is 9.84 Å². The van der Waals surface area contributed by atoms with E-state index in [1.54, 1.807) is 24.5 Å². The molecule has 1 atom stereocenters. The zero-order chi connectivity index (χ0) is 18.1. The van der Waals surface area contributed by atoms with Crippen LogP contribution < -0.4 is 9.64 Å². The Bertz CT molecular complexity index is 1020. The Morgan fingerprint density at radius 3 is 2.92 bits per heavy atom. The van der Waals surface area contributed by atoms with Gasteiger partial charge in [0, 0.05) is 19.0 Å². The molecule has 1 saturated heterocycles. The lowest BCUT2D eigenvalue weighted by molar-refractivity contribution is 0.178. The highest BCUT2D eigenvalue weighted by molar-refractivity contribution is 7.91. The second-order valence-corrected chi connectivity index (χ2v) is 9.38. The normalized spacial score (nSPS) is 18.2. The lowest BCUT2D eigenvalue weighted by Gasteiger charge is -2.32. The highest BCUT2D eigenvalue weighted by Gasteiger charge is 2.25. The number of piperidine rings is 1. The largest absolute Gasteiger partial charge is 0.487 e. The Morgan fingerprint density at radius 2 is 2.15 bits per heavy atom. The van der Waals surface area contributed by atoms with E-state index in [1.807, 2.05) is 18.2 Å². The van der Waals surface area contributed by atoms with Crippen molar-refractivity contribution in [2.24, 2.45) is 0 Å². The third-order valence-corrected chi connectivity index (χ3v) is 6.57. The minimum absolute atomic E-state index is 0.0642. The fourth-order valence-corrected chi connectivity index (χ4v) is 5.09. The molecule has 6 nitrogen and oxygen atoms in total. The predicted molar refractivity (Wildman–Crippen MR) is 103 cm³/mol. The van der Waals surface area contributed by atoms with Crippen molar-refractivity contribution in [2.75, 3.05) is 24.2 Å². The molecule has 1 aliphatic heterocycles. The molecule has 26 heavy (non-hydrogen) atoms. The molecule has 2 aromatic heterocycles. The molecule has 0 spiro atoms. The predicted octanol–water partition coefficient (Wildman–Crippen LogP) is 3.14. The topological polar surface area (TPSA) is 72.4 Å². The molecule has 8 heteroatoms. The van der Waals surface area contributed by atoms with Gasteiger partial charge >= 0.3 is 0 Å². The maximum atomic E-state index is 12.0. The number of para-hydroxylation sites is 1. The van der Waals surface area contributed by atoms with E-state index >= 15 is 0 Å². The summed E-state index contributed by atoms with van der Waals surface area (Å²) in [6, 6.07) is 9.06. The van der Waals surface area contributed by atoms with E-state index in [0.717, 1.165) is 41.5 Å². The average Bonchev–Trinajstić information content (AvgIpc) is 3.06. The van der Waals surface area contributed by atoms with Gasteiger partial charge in [0.15, 0.2) is 15.0 Å². The number of ether oxygens (including phenoxy) is 1. The van der Waals surface area contributed by atoms with Gasteiger partial charge in [0.25, 0.3) is 0 Å². The van der Waals surface area contributed by atoms with Crippen LogP contribution in [0.1, 0.15) is 12.8 Å². The second-order valence-electron chi connectivity index (χ2n) is 6.39. The Kier molecular flexibility index (Phi) is 4.54. The maximum absolute atomic E-state index is 12.0. The number of pyridine rings is 1. The van der Waals surface area contributed by atoms with E-state index in [-0.39, 0.29) is 11.0 Å². The summed E-state index contributed by atoms with van der Waals surface area (Å²) in [5.41, 5.74) is 0.560. The first-order valence-electron chi connectivity index (χ1n) is 8.42. The van der Waals surface area contributed by atoms with E-state index in [4.69, 9.17) is 4.74 Å². The Hall–Kier alpha value is -2.19. The Balaban J connectivity index is 1.59. The van der Waals surface area contributed by atoms with Crippen LogP contribution in [0.15, 0.2) is 47.6 Å². The van der Waals surface area contributed by atoms with Gasteiger partial charge in [-0.15, -0.1) is 0 Å². The summed E-state index contributed by atoms with van der Waals surface area (Å²) < 4.78 is 30.9. The monoisotopic (exact) mass is 389 g/mol. The van der Waals surface area contributed by atoms with Crippen LogP contribution in [0.5, 0.6) is 5.75 Å². The summed E-state index contributed by atoms with van der Waals surface area (Å²) in [6.45, 7) is 1.61. The van der Waals surface area contributed by atoms with Gasteiger partial charge in [-0.1, -0.05) is 17.4 Å². The zero-order valence-corrected chi connectivity index (χ0v) is 16.0. The molecule has 0 aliphatic carbocycles. The van der Waals surface area contributed by atoms with Gasteiger partial charge in [-0.3, -0.25) is 4.98 Å². The fourth-order valence-electron chi connectivity index (χ4n) is 3.16. The molecular formula is C18H19N3O3S2. The number of benzene rings is 1. The SMILES string of the molecule is CS(=O)(=O)c1cccc2sc(N3CCCC(Oc4cccnc4)C3)nc12. The Morgan fingerprint density at radius 1 is 1.27 bits per heavy atom. The molecule has 136 valence electrons. The van der Waals surface area contributed by atoms with Crippen molar-refractivity contribution in [1.29, 1.82) is 0 Å². The third-order valence-electron chi connectivity index (χ3n) is 4.36. The first kappa shape index (κ1) is 17.2. The summed E-state index contributed by atoms with van der Waals surface area (Å²) in [7, 11) is -3.30. The number of fused-ring (bicyclic) bond motifs is 1. The van der Waals surface area contributed by atoms with Crippen molar-refractivity contribution in [3.63, 3.8) is 0 Å². The van der Waals surface area contributed by atoms with E-state index in [1.165, 1.54) is 17.6 Å². The van der Waals surface area contributed by atoms with Crippen LogP contribution in [-0.4, -0.2) is 43.8 Å². The van der Waals surface area contributed by atoms with Crippen molar-refractivity contribution in [1.82, 2.24) is 9.97 Å². The smallest absolute Gasteiger partial charge is 0.186 e. The van der Waals surface area contributed by atoms with Crippen molar-refractivity contribution >= 4 is 36.5 Å². The number of hydrogen-bond acceptors (Lipinski definition) is 7. The number of nitrogens with zero attached hydrogens (tertiary/aromatic N) is 3. The molecule has 3 heterocycles. The molecule has 0 bridgehead atoms. The average molecular weight is 390 g/mol. The van der Waals surface area contributed by atoms with Gasteiger partial charge in [-0.25, -0.2) is 13.4 Å². The number of rotatable bonds is 4. The molecule has 0 N–H and O–H groups in total. The second kappa shape index (κ2) is 6.85. The molecule has 4 rings (SSSR count).